The first-order valence-corrected chi connectivity index (χ1v) is 6.88. The predicted molar refractivity (Wildman–Crippen MR) is 74.6 cm³/mol. The first-order chi connectivity index (χ1) is 8.31. The van der Waals surface area contributed by atoms with E-state index < -0.39 is 0 Å². The fraction of sp³-hybridized carbons (Fsp3) is 0.357. The van der Waals surface area contributed by atoms with Gasteiger partial charge in [0.25, 0.3) is 0 Å². The van der Waals surface area contributed by atoms with E-state index in [9.17, 15) is 0 Å². The van der Waals surface area contributed by atoms with Crippen LogP contribution in [0.4, 0.5) is 5.69 Å². The van der Waals surface area contributed by atoms with Crippen molar-refractivity contribution in [1.82, 2.24) is 4.98 Å². The van der Waals surface area contributed by atoms with E-state index in [1.807, 2.05) is 11.6 Å². The Morgan fingerprint density at radius 3 is 2.76 bits per heavy atom. The number of hydrogen-bond donors (Lipinski definition) is 0. The third-order valence-electron chi connectivity index (χ3n) is 2.76. The molecule has 2 rings (SSSR count). The molecule has 0 unspecified atom stereocenters. The van der Waals surface area contributed by atoms with Crippen LogP contribution in [0, 0.1) is 6.92 Å². The third kappa shape index (κ3) is 3.07. The van der Waals surface area contributed by atoms with Crippen molar-refractivity contribution in [3.63, 3.8) is 0 Å². The lowest BCUT2D eigenvalue weighted by Gasteiger charge is -2.25. The van der Waals surface area contributed by atoms with Crippen LogP contribution in [0.1, 0.15) is 23.9 Å². The summed E-state index contributed by atoms with van der Waals surface area (Å²) in [6.07, 6.45) is 3.03. The minimum atomic E-state index is 0.913. The van der Waals surface area contributed by atoms with Crippen LogP contribution >= 0.6 is 11.3 Å². The zero-order valence-electron chi connectivity index (χ0n) is 10.4. The van der Waals surface area contributed by atoms with Crippen LogP contribution < -0.4 is 4.90 Å². The van der Waals surface area contributed by atoms with Gasteiger partial charge in [0, 0.05) is 23.8 Å². The van der Waals surface area contributed by atoms with Gasteiger partial charge >= 0.3 is 0 Å². The van der Waals surface area contributed by atoms with E-state index in [2.05, 4.69) is 48.0 Å². The smallest absolute Gasteiger partial charge is 0.112 e. The quantitative estimate of drug-likeness (QED) is 0.796. The zero-order chi connectivity index (χ0) is 12.1. The highest BCUT2D eigenvalue weighted by Crippen LogP contribution is 2.22. The average Bonchev–Trinajstić information content (AvgIpc) is 2.82. The molecule has 1 heterocycles. The van der Waals surface area contributed by atoms with Gasteiger partial charge in [-0.3, -0.25) is 0 Å². The molecule has 90 valence electrons. The standard InChI is InChI=1S/C14H18N2S/c1-3-9-16(11-14-15-8-10-17-14)13-7-5-4-6-12(13)2/h4-8,10H,3,9,11H2,1-2H3. The first-order valence-electron chi connectivity index (χ1n) is 6.00. The van der Waals surface area contributed by atoms with Gasteiger partial charge in [-0.1, -0.05) is 25.1 Å². The molecule has 3 heteroatoms. The largest absolute Gasteiger partial charge is 0.365 e. The molecule has 0 spiro atoms. The topological polar surface area (TPSA) is 16.1 Å². The number of hydrogen-bond acceptors (Lipinski definition) is 3. The van der Waals surface area contributed by atoms with Crippen LogP contribution in [0.3, 0.4) is 0 Å². The SMILES string of the molecule is CCCN(Cc1nccs1)c1ccccc1C. The highest BCUT2D eigenvalue weighted by molar-refractivity contribution is 7.09. The van der Waals surface area contributed by atoms with Crippen molar-refractivity contribution in [2.24, 2.45) is 0 Å². The number of nitrogens with zero attached hydrogens (tertiary/aromatic N) is 2. The molecule has 2 nitrogen and oxygen atoms in total. The molecule has 0 fully saturated rings. The molecule has 0 saturated heterocycles. The minimum absolute atomic E-state index is 0.913. The normalized spacial score (nSPS) is 10.5. The van der Waals surface area contributed by atoms with Crippen molar-refractivity contribution in [2.75, 3.05) is 11.4 Å². The molecule has 17 heavy (non-hydrogen) atoms. The molecular formula is C14H18N2S. The zero-order valence-corrected chi connectivity index (χ0v) is 11.2. The Labute approximate surface area is 107 Å². The molecule has 0 radical (unpaired) electrons. The molecule has 0 aliphatic heterocycles. The van der Waals surface area contributed by atoms with Gasteiger partial charge in [-0.25, -0.2) is 4.98 Å². The Balaban J connectivity index is 2.20. The summed E-state index contributed by atoms with van der Waals surface area (Å²) in [5.74, 6) is 0. The molecular weight excluding hydrogens is 228 g/mol. The van der Waals surface area contributed by atoms with E-state index in [1.165, 1.54) is 16.3 Å². The number of aromatic nitrogens is 1. The summed E-state index contributed by atoms with van der Waals surface area (Å²) >= 11 is 1.72. The minimum Gasteiger partial charge on any atom is -0.365 e. The van der Waals surface area contributed by atoms with Gasteiger partial charge in [0.15, 0.2) is 0 Å². The van der Waals surface area contributed by atoms with Crippen LogP contribution in [0.2, 0.25) is 0 Å². The Bertz CT molecular complexity index is 451. The van der Waals surface area contributed by atoms with Crippen molar-refractivity contribution in [2.45, 2.75) is 26.8 Å². The predicted octanol–water partition coefficient (Wildman–Crippen LogP) is 3.87. The molecule has 1 aromatic carbocycles. The maximum Gasteiger partial charge on any atom is 0.112 e. The lowest BCUT2D eigenvalue weighted by atomic mass is 10.2. The van der Waals surface area contributed by atoms with Crippen LogP contribution in [-0.2, 0) is 6.54 Å². The fourth-order valence-corrected chi connectivity index (χ4v) is 2.60. The van der Waals surface area contributed by atoms with Crippen LogP contribution in [-0.4, -0.2) is 11.5 Å². The summed E-state index contributed by atoms with van der Waals surface area (Å²) in [6, 6.07) is 8.55. The second-order valence-electron chi connectivity index (χ2n) is 4.13. The summed E-state index contributed by atoms with van der Waals surface area (Å²) < 4.78 is 0. The van der Waals surface area contributed by atoms with Gasteiger partial charge < -0.3 is 4.90 Å². The summed E-state index contributed by atoms with van der Waals surface area (Å²) in [4.78, 5) is 6.78. The molecule has 0 saturated carbocycles. The Morgan fingerprint density at radius 1 is 1.29 bits per heavy atom. The maximum atomic E-state index is 4.37. The Morgan fingerprint density at radius 2 is 2.12 bits per heavy atom. The van der Waals surface area contributed by atoms with Gasteiger partial charge in [0.2, 0.25) is 0 Å². The number of para-hydroxylation sites is 1. The summed E-state index contributed by atoms with van der Waals surface area (Å²) in [7, 11) is 0. The molecule has 0 bridgehead atoms. The second kappa shape index (κ2) is 5.82. The fourth-order valence-electron chi connectivity index (χ4n) is 1.97. The van der Waals surface area contributed by atoms with Gasteiger partial charge in [-0.05, 0) is 25.0 Å². The molecule has 0 aliphatic rings. The van der Waals surface area contributed by atoms with Crippen molar-refractivity contribution in [3.8, 4) is 0 Å². The second-order valence-corrected chi connectivity index (χ2v) is 5.11. The van der Waals surface area contributed by atoms with Gasteiger partial charge in [-0.15, -0.1) is 11.3 Å². The number of anilines is 1. The average molecular weight is 246 g/mol. The molecule has 0 N–H and O–H groups in total. The summed E-state index contributed by atoms with van der Waals surface area (Å²) in [6.45, 7) is 6.37. The first kappa shape index (κ1) is 12.1. The van der Waals surface area contributed by atoms with Crippen molar-refractivity contribution in [1.29, 1.82) is 0 Å². The highest BCUT2D eigenvalue weighted by Gasteiger charge is 2.09. The molecule has 0 aliphatic carbocycles. The lowest BCUT2D eigenvalue weighted by Crippen LogP contribution is -2.24. The van der Waals surface area contributed by atoms with Crippen LogP contribution in [0.15, 0.2) is 35.8 Å². The monoisotopic (exact) mass is 246 g/mol. The third-order valence-corrected chi connectivity index (χ3v) is 3.52. The van der Waals surface area contributed by atoms with E-state index >= 15 is 0 Å². The van der Waals surface area contributed by atoms with Crippen LogP contribution in [0.5, 0.6) is 0 Å². The highest BCUT2D eigenvalue weighted by atomic mass is 32.1. The molecule has 0 atom stereocenters. The molecule has 2 aromatic rings. The summed E-state index contributed by atoms with van der Waals surface area (Å²) in [5, 5.41) is 3.22. The maximum absolute atomic E-state index is 4.37. The van der Waals surface area contributed by atoms with E-state index in [0.29, 0.717) is 0 Å². The van der Waals surface area contributed by atoms with E-state index in [-0.39, 0.29) is 0 Å². The number of rotatable bonds is 5. The van der Waals surface area contributed by atoms with E-state index in [4.69, 9.17) is 0 Å². The van der Waals surface area contributed by atoms with Crippen molar-refractivity contribution >= 4 is 17.0 Å². The molecule has 1 aromatic heterocycles. The number of benzene rings is 1. The van der Waals surface area contributed by atoms with E-state index in [0.717, 1.165) is 19.5 Å². The summed E-state index contributed by atoms with van der Waals surface area (Å²) in [5.41, 5.74) is 2.65. The van der Waals surface area contributed by atoms with E-state index in [1.54, 1.807) is 11.3 Å². The van der Waals surface area contributed by atoms with Gasteiger partial charge in [0.1, 0.15) is 5.01 Å². The van der Waals surface area contributed by atoms with Crippen molar-refractivity contribution in [3.05, 3.63) is 46.4 Å². The number of thiazole rings is 1. The Hall–Kier alpha value is -1.35. The Kier molecular flexibility index (Phi) is 4.15. The van der Waals surface area contributed by atoms with Gasteiger partial charge in [-0.2, -0.15) is 0 Å². The molecule has 0 amide bonds. The van der Waals surface area contributed by atoms with Crippen molar-refractivity contribution < 1.29 is 0 Å². The van der Waals surface area contributed by atoms with Gasteiger partial charge in [0.05, 0.1) is 6.54 Å². The lowest BCUT2D eigenvalue weighted by molar-refractivity contribution is 0.761. The van der Waals surface area contributed by atoms with Crippen LogP contribution in [0.25, 0.3) is 0 Å². The number of aryl methyl sites for hydroxylation is 1.